The van der Waals surface area contributed by atoms with Crippen molar-refractivity contribution in [3.8, 4) is 6.07 Å². The molecule has 19 heavy (non-hydrogen) atoms. The van der Waals surface area contributed by atoms with Crippen molar-refractivity contribution in [1.29, 1.82) is 5.26 Å². The number of carbonyl (C=O) groups is 2. The molecule has 0 aromatic heterocycles. The Morgan fingerprint density at radius 2 is 1.95 bits per heavy atom. The lowest BCUT2D eigenvalue weighted by Gasteiger charge is -2.14. The highest BCUT2D eigenvalue weighted by Gasteiger charge is 2.10. The van der Waals surface area contributed by atoms with E-state index in [9.17, 15) is 9.59 Å². The summed E-state index contributed by atoms with van der Waals surface area (Å²) >= 11 is 1.30. The average Bonchev–Trinajstić information content (AvgIpc) is 2.45. The van der Waals surface area contributed by atoms with Crippen molar-refractivity contribution in [3.05, 3.63) is 35.9 Å². The maximum atomic E-state index is 11.8. The minimum absolute atomic E-state index is 0.0260. The summed E-state index contributed by atoms with van der Waals surface area (Å²) in [6, 6.07) is 11.0. The lowest BCUT2D eigenvalue weighted by atomic mass is 10.2. The van der Waals surface area contributed by atoms with Gasteiger partial charge in [-0.2, -0.15) is 5.26 Å². The SMILES string of the molecule is CN(CCC#N)C(=O)CSCC(=O)c1ccccc1. The van der Waals surface area contributed by atoms with Crippen LogP contribution in [0.1, 0.15) is 16.8 Å². The summed E-state index contributed by atoms with van der Waals surface area (Å²) in [5.41, 5.74) is 0.667. The number of nitrogens with zero attached hydrogens (tertiary/aromatic N) is 2. The molecule has 0 saturated heterocycles. The van der Waals surface area contributed by atoms with E-state index >= 15 is 0 Å². The third-order valence-corrected chi connectivity index (χ3v) is 3.46. The van der Waals surface area contributed by atoms with E-state index < -0.39 is 0 Å². The molecular weight excluding hydrogens is 260 g/mol. The molecule has 1 rings (SSSR count). The van der Waals surface area contributed by atoms with Crippen molar-refractivity contribution >= 4 is 23.5 Å². The maximum absolute atomic E-state index is 11.8. The number of thioether (sulfide) groups is 1. The zero-order chi connectivity index (χ0) is 14.1. The number of rotatable bonds is 7. The number of benzene rings is 1. The van der Waals surface area contributed by atoms with E-state index in [1.165, 1.54) is 16.7 Å². The Bertz CT molecular complexity index is 468. The van der Waals surface area contributed by atoms with Crippen molar-refractivity contribution in [2.45, 2.75) is 6.42 Å². The van der Waals surface area contributed by atoms with Gasteiger partial charge in [-0.25, -0.2) is 0 Å². The number of hydrogen-bond acceptors (Lipinski definition) is 4. The maximum Gasteiger partial charge on any atom is 0.232 e. The third-order valence-electron chi connectivity index (χ3n) is 2.54. The number of carbonyl (C=O) groups excluding carboxylic acids is 2. The van der Waals surface area contributed by atoms with E-state index in [4.69, 9.17) is 5.26 Å². The second-order valence-electron chi connectivity index (χ2n) is 4.01. The molecule has 0 unspecified atom stereocenters. The molecule has 0 N–H and O–H groups in total. The van der Waals surface area contributed by atoms with Crippen LogP contribution in [0.5, 0.6) is 0 Å². The minimum Gasteiger partial charge on any atom is -0.344 e. The van der Waals surface area contributed by atoms with Crippen LogP contribution in [-0.2, 0) is 4.79 Å². The zero-order valence-corrected chi connectivity index (χ0v) is 11.7. The van der Waals surface area contributed by atoms with Gasteiger partial charge in [0.15, 0.2) is 5.78 Å². The minimum atomic E-state index is -0.0545. The number of Topliss-reactive ketones (excluding diaryl/α,β-unsaturated/α-hetero) is 1. The van der Waals surface area contributed by atoms with Gasteiger partial charge in [0.2, 0.25) is 5.91 Å². The smallest absolute Gasteiger partial charge is 0.232 e. The molecule has 1 aromatic carbocycles. The molecule has 0 aliphatic carbocycles. The van der Waals surface area contributed by atoms with Crippen LogP contribution in [0.2, 0.25) is 0 Å². The number of ketones is 1. The zero-order valence-electron chi connectivity index (χ0n) is 10.8. The summed E-state index contributed by atoms with van der Waals surface area (Å²) in [6.45, 7) is 0.433. The summed E-state index contributed by atoms with van der Waals surface area (Å²) in [5, 5.41) is 8.43. The highest BCUT2D eigenvalue weighted by Crippen LogP contribution is 2.08. The second-order valence-corrected chi connectivity index (χ2v) is 4.99. The second kappa shape index (κ2) is 8.33. The van der Waals surface area contributed by atoms with E-state index in [0.29, 0.717) is 24.3 Å². The van der Waals surface area contributed by atoms with Gasteiger partial charge >= 0.3 is 0 Å². The molecule has 0 heterocycles. The van der Waals surface area contributed by atoms with E-state index in [1.54, 1.807) is 19.2 Å². The van der Waals surface area contributed by atoms with Crippen LogP contribution in [0.4, 0.5) is 0 Å². The largest absolute Gasteiger partial charge is 0.344 e. The first-order valence-electron chi connectivity index (χ1n) is 5.92. The van der Waals surface area contributed by atoms with E-state index in [1.807, 2.05) is 24.3 Å². The molecule has 0 atom stereocenters. The molecule has 0 aliphatic heterocycles. The Morgan fingerprint density at radius 3 is 2.58 bits per heavy atom. The molecule has 5 heteroatoms. The molecule has 0 fully saturated rings. The lowest BCUT2D eigenvalue weighted by molar-refractivity contribution is -0.127. The fraction of sp³-hybridized carbons (Fsp3) is 0.357. The molecule has 0 aliphatic rings. The number of amides is 1. The fourth-order valence-electron chi connectivity index (χ4n) is 1.39. The quantitative estimate of drug-likeness (QED) is 0.714. The standard InChI is InChI=1S/C14H16N2O2S/c1-16(9-5-8-15)14(18)11-19-10-13(17)12-6-3-2-4-7-12/h2-4,6-7H,5,9-11H2,1H3. The highest BCUT2D eigenvalue weighted by molar-refractivity contribution is 8.00. The topological polar surface area (TPSA) is 61.2 Å². The van der Waals surface area contributed by atoms with Gasteiger partial charge < -0.3 is 4.90 Å². The summed E-state index contributed by atoms with van der Waals surface area (Å²) in [6.07, 6.45) is 0.329. The van der Waals surface area contributed by atoms with Crippen LogP contribution in [0.25, 0.3) is 0 Å². The van der Waals surface area contributed by atoms with Gasteiger partial charge in [0.25, 0.3) is 0 Å². The van der Waals surface area contributed by atoms with Crippen LogP contribution in [0.15, 0.2) is 30.3 Å². The lowest BCUT2D eigenvalue weighted by Crippen LogP contribution is -2.29. The van der Waals surface area contributed by atoms with Crippen molar-refractivity contribution in [2.24, 2.45) is 0 Å². The summed E-state index contributed by atoms with van der Waals surface area (Å²) in [5.74, 6) is 0.529. The van der Waals surface area contributed by atoms with Gasteiger partial charge in [0.05, 0.1) is 24.0 Å². The average molecular weight is 276 g/mol. The van der Waals surface area contributed by atoms with Gasteiger partial charge in [-0.15, -0.1) is 11.8 Å². The van der Waals surface area contributed by atoms with Crippen molar-refractivity contribution < 1.29 is 9.59 Å². The van der Waals surface area contributed by atoms with Gasteiger partial charge in [-0.3, -0.25) is 9.59 Å². The van der Waals surface area contributed by atoms with Crippen LogP contribution >= 0.6 is 11.8 Å². The van der Waals surface area contributed by atoms with Crippen LogP contribution in [0.3, 0.4) is 0 Å². The third kappa shape index (κ3) is 5.58. The first kappa shape index (κ1) is 15.3. The molecule has 1 aromatic rings. The van der Waals surface area contributed by atoms with Crippen LogP contribution in [-0.4, -0.2) is 41.7 Å². The highest BCUT2D eigenvalue weighted by atomic mass is 32.2. The predicted octanol–water partition coefficient (Wildman–Crippen LogP) is 1.97. The molecule has 0 saturated carbocycles. The van der Waals surface area contributed by atoms with Gasteiger partial charge in [-0.05, 0) is 0 Å². The van der Waals surface area contributed by atoms with Crippen LogP contribution in [0, 0.1) is 11.3 Å². The van der Waals surface area contributed by atoms with E-state index in [-0.39, 0.29) is 17.4 Å². The normalized spacial score (nSPS) is 9.68. The van der Waals surface area contributed by atoms with Crippen molar-refractivity contribution in [2.75, 3.05) is 25.1 Å². The Kier molecular flexibility index (Phi) is 6.69. The Morgan fingerprint density at radius 1 is 1.26 bits per heavy atom. The summed E-state index contributed by atoms with van der Waals surface area (Å²) in [7, 11) is 1.67. The summed E-state index contributed by atoms with van der Waals surface area (Å²) < 4.78 is 0. The number of nitriles is 1. The fourth-order valence-corrected chi connectivity index (χ4v) is 2.24. The van der Waals surface area contributed by atoms with Gasteiger partial charge in [-0.1, -0.05) is 30.3 Å². The molecule has 0 spiro atoms. The Balaban J connectivity index is 2.29. The summed E-state index contributed by atoms with van der Waals surface area (Å²) in [4.78, 5) is 24.9. The van der Waals surface area contributed by atoms with E-state index in [2.05, 4.69) is 0 Å². The molecule has 100 valence electrons. The first-order valence-corrected chi connectivity index (χ1v) is 7.07. The monoisotopic (exact) mass is 276 g/mol. The number of hydrogen-bond donors (Lipinski definition) is 0. The first-order chi connectivity index (χ1) is 9.15. The predicted molar refractivity (Wildman–Crippen MR) is 76.0 cm³/mol. The van der Waals surface area contributed by atoms with E-state index in [0.717, 1.165) is 0 Å². The van der Waals surface area contributed by atoms with Crippen LogP contribution < -0.4 is 0 Å². The molecule has 0 bridgehead atoms. The van der Waals surface area contributed by atoms with Gasteiger partial charge in [0, 0.05) is 19.2 Å². The Hall–Kier alpha value is -1.80. The molecule has 4 nitrogen and oxygen atoms in total. The molecular formula is C14H16N2O2S. The van der Waals surface area contributed by atoms with Gasteiger partial charge in [0.1, 0.15) is 0 Å². The molecule has 1 amide bonds. The van der Waals surface area contributed by atoms with Crippen molar-refractivity contribution in [1.82, 2.24) is 4.90 Å². The Labute approximate surface area is 117 Å². The van der Waals surface area contributed by atoms with Crippen molar-refractivity contribution in [3.63, 3.8) is 0 Å². The molecule has 0 radical (unpaired) electrons.